The fraction of sp³-hybridized carbons (Fsp3) is 0.529. The molecule has 0 saturated heterocycles. The summed E-state index contributed by atoms with van der Waals surface area (Å²) in [6.07, 6.45) is -2.61. The Bertz CT molecular complexity index is 619. The first-order chi connectivity index (χ1) is 10.7. The number of carbonyl (C=O) groups excluding carboxylic acids is 1. The largest absolute Gasteiger partial charge is 0.416 e. The number of aliphatic imine (C=N–C) groups is 1. The zero-order valence-electron chi connectivity index (χ0n) is 13.5. The van der Waals surface area contributed by atoms with E-state index in [1.807, 2.05) is 13.8 Å². The lowest BCUT2D eigenvalue weighted by atomic mass is 9.80. The van der Waals surface area contributed by atoms with Gasteiger partial charge in [-0.1, -0.05) is 32.0 Å². The van der Waals surface area contributed by atoms with Gasteiger partial charge in [-0.25, -0.2) is 0 Å². The van der Waals surface area contributed by atoms with E-state index in [4.69, 9.17) is 0 Å². The summed E-state index contributed by atoms with van der Waals surface area (Å²) in [6, 6.07) is 4.88. The quantitative estimate of drug-likeness (QED) is 0.885. The summed E-state index contributed by atoms with van der Waals surface area (Å²) in [4.78, 5) is 16.1. The molecule has 1 aromatic rings. The second-order valence-electron chi connectivity index (χ2n) is 5.98. The first kappa shape index (κ1) is 17.5. The number of halogens is 3. The van der Waals surface area contributed by atoms with Crippen LogP contribution in [0.4, 0.5) is 13.2 Å². The molecule has 1 amide bonds. The maximum atomic E-state index is 13.1. The lowest BCUT2D eigenvalue weighted by molar-refractivity contribution is -0.138. The van der Waals surface area contributed by atoms with E-state index < -0.39 is 23.2 Å². The Morgan fingerprint density at radius 2 is 1.87 bits per heavy atom. The molecule has 1 atom stereocenters. The number of amidine groups is 1. The van der Waals surface area contributed by atoms with Crippen LogP contribution in [0.3, 0.4) is 0 Å². The number of hydrogen-bond donors (Lipinski definition) is 1. The summed E-state index contributed by atoms with van der Waals surface area (Å²) in [5.41, 5.74) is -1.02. The molecule has 0 spiro atoms. The number of benzene rings is 1. The number of rotatable bonds is 4. The molecular formula is C17H21F3N2O. The van der Waals surface area contributed by atoms with Gasteiger partial charge in [-0.15, -0.1) is 0 Å². The third-order valence-electron chi connectivity index (χ3n) is 4.67. The SMILES string of the molecule is CCC1(CC)CC(N[C@@H](C)c2ccccc2C(F)(F)F)=NC1=O. The van der Waals surface area contributed by atoms with Crippen LogP contribution in [0.15, 0.2) is 29.3 Å². The van der Waals surface area contributed by atoms with Crippen molar-refractivity contribution in [3.8, 4) is 0 Å². The topological polar surface area (TPSA) is 41.5 Å². The summed E-state index contributed by atoms with van der Waals surface area (Å²) in [7, 11) is 0. The Balaban J connectivity index is 2.20. The summed E-state index contributed by atoms with van der Waals surface area (Å²) in [6.45, 7) is 5.51. The number of carbonyl (C=O) groups is 1. The van der Waals surface area contributed by atoms with Gasteiger partial charge < -0.3 is 5.32 Å². The van der Waals surface area contributed by atoms with Crippen molar-refractivity contribution >= 4 is 11.7 Å². The maximum absolute atomic E-state index is 13.1. The molecule has 1 aromatic carbocycles. The minimum atomic E-state index is -4.41. The molecule has 1 aliphatic rings. The van der Waals surface area contributed by atoms with Crippen molar-refractivity contribution in [3.63, 3.8) is 0 Å². The average molecular weight is 326 g/mol. The highest BCUT2D eigenvalue weighted by atomic mass is 19.4. The van der Waals surface area contributed by atoms with Gasteiger partial charge in [-0.3, -0.25) is 4.79 Å². The third-order valence-corrected chi connectivity index (χ3v) is 4.67. The molecule has 3 nitrogen and oxygen atoms in total. The number of nitrogens with zero attached hydrogens (tertiary/aromatic N) is 1. The van der Waals surface area contributed by atoms with E-state index in [9.17, 15) is 18.0 Å². The van der Waals surface area contributed by atoms with Crippen molar-refractivity contribution in [1.29, 1.82) is 0 Å². The van der Waals surface area contributed by atoms with Crippen LogP contribution in [-0.4, -0.2) is 11.7 Å². The van der Waals surface area contributed by atoms with Crippen molar-refractivity contribution in [2.24, 2.45) is 10.4 Å². The van der Waals surface area contributed by atoms with Gasteiger partial charge in [0, 0.05) is 6.42 Å². The van der Waals surface area contributed by atoms with Crippen molar-refractivity contribution in [1.82, 2.24) is 5.32 Å². The Morgan fingerprint density at radius 3 is 2.39 bits per heavy atom. The lowest BCUT2D eigenvalue weighted by Gasteiger charge is -2.24. The molecule has 0 aromatic heterocycles. The molecular weight excluding hydrogens is 305 g/mol. The zero-order valence-corrected chi connectivity index (χ0v) is 13.5. The summed E-state index contributed by atoms with van der Waals surface area (Å²) >= 11 is 0. The first-order valence-electron chi connectivity index (χ1n) is 7.78. The molecule has 0 aliphatic carbocycles. The zero-order chi connectivity index (χ0) is 17.3. The maximum Gasteiger partial charge on any atom is 0.416 e. The second-order valence-corrected chi connectivity index (χ2v) is 5.98. The molecule has 1 aliphatic heterocycles. The number of amides is 1. The second kappa shape index (κ2) is 6.34. The monoisotopic (exact) mass is 326 g/mol. The molecule has 2 rings (SSSR count). The smallest absolute Gasteiger partial charge is 0.367 e. The van der Waals surface area contributed by atoms with Crippen molar-refractivity contribution < 1.29 is 18.0 Å². The molecule has 6 heteroatoms. The van der Waals surface area contributed by atoms with E-state index in [-0.39, 0.29) is 11.5 Å². The van der Waals surface area contributed by atoms with E-state index >= 15 is 0 Å². The van der Waals surface area contributed by atoms with Crippen molar-refractivity contribution in [2.75, 3.05) is 0 Å². The summed E-state index contributed by atoms with van der Waals surface area (Å²) in [5, 5.41) is 2.99. The predicted octanol–water partition coefficient (Wildman–Crippen LogP) is 4.49. The number of alkyl halides is 3. The van der Waals surface area contributed by atoms with Crippen molar-refractivity contribution in [3.05, 3.63) is 35.4 Å². The standard InChI is InChI=1S/C17H21F3N2O/c1-4-16(5-2)10-14(22-15(16)23)21-11(3)12-8-6-7-9-13(12)17(18,19)20/h6-9,11H,4-5,10H2,1-3H3,(H,21,22,23)/t11-/m0/s1. The van der Waals surface area contributed by atoms with Crippen molar-refractivity contribution in [2.45, 2.75) is 52.3 Å². The Morgan fingerprint density at radius 1 is 1.26 bits per heavy atom. The lowest BCUT2D eigenvalue weighted by Crippen LogP contribution is -2.30. The molecule has 0 radical (unpaired) electrons. The molecule has 0 bridgehead atoms. The van der Waals surface area contributed by atoms with E-state index in [0.29, 0.717) is 25.1 Å². The van der Waals surface area contributed by atoms with Gasteiger partial charge in [0.1, 0.15) is 5.84 Å². The fourth-order valence-electron chi connectivity index (χ4n) is 3.02. The van der Waals surface area contributed by atoms with E-state index in [1.165, 1.54) is 12.1 Å². The highest BCUT2D eigenvalue weighted by molar-refractivity contribution is 6.04. The number of hydrogen-bond acceptors (Lipinski definition) is 2. The van der Waals surface area contributed by atoms with Crippen LogP contribution in [0.1, 0.15) is 57.2 Å². The van der Waals surface area contributed by atoms with E-state index in [2.05, 4.69) is 10.3 Å². The van der Waals surface area contributed by atoms with Gasteiger partial charge in [0.05, 0.1) is 17.0 Å². The van der Waals surface area contributed by atoms with Crippen LogP contribution in [0.5, 0.6) is 0 Å². The van der Waals surface area contributed by atoms with Gasteiger partial charge in [-0.05, 0) is 31.4 Å². The summed E-state index contributed by atoms with van der Waals surface area (Å²) in [5.74, 6) is 0.296. The average Bonchev–Trinajstić information content (AvgIpc) is 2.82. The van der Waals surface area contributed by atoms with Gasteiger partial charge in [0.2, 0.25) is 0 Å². The third kappa shape index (κ3) is 3.41. The predicted molar refractivity (Wildman–Crippen MR) is 83.1 cm³/mol. The van der Waals surface area contributed by atoms with Gasteiger partial charge >= 0.3 is 6.18 Å². The molecule has 0 fully saturated rings. The van der Waals surface area contributed by atoms with Gasteiger partial charge in [0.15, 0.2) is 0 Å². The Hall–Kier alpha value is -1.85. The van der Waals surface area contributed by atoms with Gasteiger partial charge in [0.25, 0.3) is 5.91 Å². The van der Waals surface area contributed by atoms with Crippen LogP contribution in [-0.2, 0) is 11.0 Å². The highest BCUT2D eigenvalue weighted by Crippen LogP contribution is 2.38. The molecule has 0 saturated carbocycles. The molecule has 1 heterocycles. The Labute approximate surface area is 134 Å². The first-order valence-corrected chi connectivity index (χ1v) is 7.78. The molecule has 23 heavy (non-hydrogen) atoms. The van der Waals surface area contributed by atoms with E-state index in [0.717, 1.165) is 6.07 Å². The molecule has 126 valence electrons. The van der Waals surface area contributed by atoms with Crippen LogP contribution in [0.2, 0.25) is 0 Å². The van der Waals surface area contributed by atoms with Crippen LogP contribution in [0.25, 0.3) is 0 Å². The fourth-order valence-corrected chi connectivity index (χ4v) is 3.02. The molecule has 0 unspecified atom stereocenters. The van der Waals surface area contributed by atoms with Crippen LogP contribution >= 0.6 is 0 Å². The van der Waals surface area contributed by atoms with Gasteiger partial charge in [-0.2, -0.15) is 18.2 Å². The minimum Gasteiger partial charge on any atom is -0.367 e. The minimum absolute atomic E-state index is 0.153. The Kier molecular flexibility index (Phi) is 4.82. The normalized spacial score (nSPS) is 18.7. The molecule has 1 N–H and O–H groups in total. The van der Waals surface area contributed by atoms with E-state index in [1.54, 1.807) is 13.0 Å². The summed E-state index contributed by atoms with van der Waals surface area (Å²) < 4.78 is 39.3. The number of nitrogens with one attached hydrogen (secondary N) is 1. The van der Waals surface area contributed by atoms with Crippen LogP contribution in [0, 0.1) is 5.41 Å². The van der Waals surface area contributed by atoms with Crippen LogP contribution < -0.4 is 5.32 Å². The highest BCUT2D eigenvalue weighted by Gasteiger charge is 2.41.